The predicted octanol–water partition coefficient (Wildman–Crippen LogP) is 13.9. The number of hydrogen-bond donors (Lipinski definition) is 2. The lowest BCUT2D eigenvalue weighted by Gasteiger charge is -2.31. The number of nitrogens with one attached hydrogen (secondary N) is 2. The largest absolute Gasteiger partial charge is 0.493 e. The summed E-state index contributed by atoms with van der Waals surface area (Å²) in [6.07, 6.45) is 21.7. The summed E-state index contributed by atoms with van der Waals surface area (Å²) >= 11 is 0. The number of nitrogens with zero attached hydrogens (tertiary/aromatic N) is 6. The molecule has 4 N–H and O–H groups in total. The molecule has 0 heterocycles. The van der Waals surface area contributed by atoms with E-state index in [-0.39, 0.29) is 29.1 Å². The third kappa shape index (κ3) is 31.5. The van der Waals surface area contributed by atoms with Gasteiger partial charge in [0.15, 0.2) is 23.0 Å². The number of amides is 2. The van der Waals surface area contributed by atoms with Gasteiger partial charge < -0.3 is 73.2 Å². The first kappa shape index (κ1) is 93.6. The molecule has 0 saturated heterocycles. The number of unbranched alkanes of at least 4 members (excludes halogenated alkanes) is 18. The first-order valence-corrected chi connectivity index (χ1v) is 38.0. The van der Waals surface area contributed by atoms with Gasteiger partial charge in [-0.2, -0.15) is 10.5 Å². The molecule has 4 aromatic rings. The molecule has 606 valence electrons. The van der Waals surface area contributed by atoms with Crippen LogP contribution < -0.4 is 48.5 Å². The number of carbonyl (C=O) groups is 4. The second kappa shape index (κ2) is 51.7. The molecule has 4 rings (SSSR count). The van der Waals surface area contributed by atoms with Gasteiger partial charge in [0.05, 0.1) is 65.6 Å². The van der Waals surface area contributed by atoms with Crippen LogP contribution in [0.5, 0.6) is 46.0 Å². The summed E-state index contributed by atoms with van der Waals surface area (Å²) in [5, 5.41) is 46.7. The molecule has 0 spiro atoms. The van der Waals surface area contributed by atoms with Crippen LogP contribution in [0, 0.1) is 42.9 Å². The van der Waals surface area contributed by atoms with E-state index in [1.54, 1.807) is 52.7 Å². The Morgan fingerprint density at radius 1 is 0.468 bits per heavy atom. The Balaban J connectivity index is 0.0000308. The van der Waals surface area contributed by atoms with Gasteiger partial charge in [-0.25, -0.2) is 9.59 Å². The van der Waals surface area contributed by atoms with Crippen LogP contribution in [0.4, 0.5) is 0 Å². The third-order valence-electron chi connectivity index (χ3n) is 19.7. The summed E-state index contributed by atoms with van der Waals surface area (Å²) in [4.78, 5) is 90.1. The SMILES string of the molecule is CCCCCCCCCCCCC(C#N)(CCCN(C)C(C)c1cccc(OC(OC(=O)C(=O)OC(Oc2cccc(C(C)N(C)CCCC(C#N)(CCCCCCCCCCCC)c3cc(OC)c(OC)c(OC)c3)c2)C(=O)NCCO[N+](=O)[O-])C(=O)NCCO[N+](=O)[O-])c1)c1cc(OC)c(OC)c(OC)c1.O. The highest BCUT2D eigenvalue weighted by molar-refractivity contribution is 6.30. The number of ether oxygens (including phenoxy) is 10. The number of esters is 2. The zero-order valence-electron chi connectivity index (χ0n) is 66.2. The standard InChI is InChI=1S/C80H118N8O20.H2O/c1-13-15-17-19-21-23-25-27-29-31-41-79(57-81,63-53-67(97-7)71(101-11)68(54-63)98-8)43-35-47-85(5)59(3)61-37-33-39-65(51-61)105-77(73(89)83-45-49-103-87(93)94)107-75(91)76(92)108-78(74(90)84-46-50-104-88(95)96)106-66-40-34-38-62(52-66)60(4)86(6)48-36-44-80(58-82,42-32-30-28-26-24-22-20-18-16-14-2)64-55-69(99-9)72(102-12)70(56-64)100-10;/h33-34,37-40,51-56,59-60,77-78H,13-32,35-36,41-50H2,1-12H3,(H,83,89)(H,84,90);1H2. The van der Waals surface area contributed by atoms with Crippen molar-refractivity contribution in [1.29, 1.82) is 10.5 Å². The molecule has 0 bridgehead atoms. The van der Waals surface area contributed by atoms with E-state index >= 15 is 0 Å². The maximum Gasteiger partial charge on any atom is 0.421 e. The van der Waals surface area contributed by atoms with E-state index < -0.39 is 83.6 Å². The van der Waals surface area contributed by atoms with Crippen molar-refractivity contribution in [2.24, 2.45) is 0 Å². The molecule has 0 fully saturated rings. The summed E-state index contributed by atoms with van der Waals surface area (Å²) in [5.74, 6) is -3.43. The number of benzene rings is 4. The number of rotatable bonds is 58. The van der Waals surface area contributed by atoms with Gasteiger partial charge >= 0.3 is 36.3 Å². The zero-order chi connectivity index (χ0) is 79.3. The lowest BCUT2D eigenvalue weighted by molar-refractivity contribution is -0.757. The molecule has 0 aliphatic carbocycles. The number of nitriles is 2. The minimum atomic E-state index is -2.26. The van der Waals surface area contributed by atoms with Crippen LogP contribution in [0.3, 0.4) is 0 Å². The normalized spacial score (nSPS) is 13.2. The highest BCUT2D eigenvalue weighted by Crippen LogP contribution is 2.47. The van der Waals surface area contributed by atoms with Crippen LogP contribution in [-0.2, 0) is 49.2 Å². The molecule has 6 unspecified atom stereocenters. The molecule has 0 aliphatic heterocycles. The minimum Gasteiger partial charge on any atom is -0.493 e. The monoisotopic (exact) mass is 1530 g/mol. The van der Waals surface area contributed by atoms with Crippen LogP contribution in [0.15, 0.2) is 72.8 Å². The molecule has 0 saturated carbocycles. The van der Waals surface area contributed by atoms with Gasteiger partial charge in [0, 0.05) is 25.2 Å². The lowest BCUT2D eigenvalue weighted by Crippen LogP contribution is -2.46. The van der Waals surface area contributed by atoms with E-state index in [9.17, 15) is 49.9 Å². The highest BCUT2D eigenvalue weighted by atomic mass is 17.0. The van der Waals surface area contributed by atoms with E-state index in [4.69, 9.17) is 47.4 Å². The molecule has 0 radical (unpaired) electrons. The van der Waals surface area contributed by atoms with Crippen LogP contribution in [0.25, 0.3) is 0 Å². The second-order valence-electron chi connectivity index (χ2n) is 27.2. The van der Waals surface area contributed by atoms with Crippen LogP contribution in [0.2, 0.25) is 0 Å². The van der Waals surface area contributed by atoms with Crippen LogP contribution in [-0.4, -0.2) is 158 Å². The summed E-state index contributed by atoms with van der Waals surface area (Å²) in [5.41, 5.74) is 1.07. The maximum atomic E-state index is 13.8. The maximum absolute atomic E-state index is 13.8. The smallest absolute Gasteiger partial charge is 0.421 e. The van der Waals surface area contributed by atoms with Crippen molar-refractivity contribution in [3.8, 4) is 58.1 Å². The summed E-state index contributed by atoms with van der Waals surface area (Å²) in [6, 6.07) is 25.2. The van der Waals surface area contributed by atoms with Gasteiger partial charge in [-0.1, -0.05) is 167 Å². The van der Waals surface area contributed by atoms with Crippen molar-refractivity contribution >= 4 is 23.8 Å². The van der Waals surface area contributed by atoms with E-state index in [1.807, 2.05) is 64.3 Å². The minimum absolute atomic E-state index is 0. The molecule has 0 aromatic heterocycles. The molecule has 6 atom stereocenters. The Labute approximate surface area is 643 Å². The van der Waals surface area contributed by atoms with Gasteiger partial charge in [-0.3, -0.25) is 19.4 Å². The van der Waals surface area contributed by atoms with Crippen molar-refractivity contribution < 1.29 is 91.9 Å². The van der Waals surface area contributed by atoms with E-state index in [2.05, 4.69) is 56.1 Å². The number of hydrogen-bond acceptors (Lipinski definition) is 24. The first-order valence-electron chi connectivity index (χ1n) is 38.0. The zero-order valence-corrected chi connectivity index (χ0v) is 66.2. The number of carbonyl (C=O) groups excluding carboxylic acids is 4. The molecule has 29 heteroatoms. The topological polar surface area (TPSA) is 375 Å². The third-order valence-corrected chi connectivity index (χ3v) is 19.7. The average Bonchev–Trinajstić information content (AvgIpc) is 0.791. The molecular weight excluding hydrogens is 1410 g/mol. The summed E-state index contributed by atoms with van der Waals surface area (Å²) < 4.78 is 56.8. The summed E-state index contributed by atoms with van der Waals surface area (Å²) in [6.45, 7) is 7.19. The Hall–Kier alpha value is -9.58. The Bertz CT molecular complexity index is 3210. The molecule has 29 nitrogen and oxygen atoms in total. The lowest BCUT2D eigenvalue weighted by atomic mass is 9.73. The van der Waals surface area contributed by atoms with Gasteiger partial charge in [0.1, 0.15) is 24.7 Å². The van der Waals surface area contributed by atoms with E-state index in [0.29, 0.717) is 97.2 Å². The second-order valence-corrected chi connectivity index (χ2v) is 27.2. The molecule has 0 aliphatic rings. The fourth-order valence-electron chi connectivity index (χ4n) is 13.1. The fourth-order valence-corrected chi connectivity index (χ4v) is 13.1. The van der Waals surface area contributed by atoms with Crippen molar-refractivity contribution in [3.63, 3.8) is 0 Å². The van der Waals surface area contributed by atoms with Gasteiger partial charge in [0.25, 0.3) is 10.2 Å². The fraction of sp³-hybridized carbons (Fsp3) is 0.625. The Morgan fingerprint density at radius 2 is 0.771 bits per heavy atom. The predicted molar refractivity (Wildman–Crippen MR) is 410 cm³/mol. The Morgan fingerprint density at radius 3 is 1.06 bits per heavy atom. The van der Waals surface area contributed by atoms with Gasteiger partial charge in [-0.05, 0) is 150 Å². The Kier molecular flexibility index (Phi) is 44.4. The highest BCUT2D eigenvalue weighted by Gasteiger charge is 2.38. The summed E-state index contributed by atoms with van der Waals surface area (Å²) in [7, 11) is 13.1. The van der Waals surface area contributed by atoms with Gasteiger partial charge in [0.2, 0.25) is 11.5 Å². The van der Waals surface area contributed by atoms with Crippen LogP contribution >= 0.6 is 0 Å². The quantitative estimate of drug-likeness (QED) is 0.0103. The molecule has 109 heavy (non-hydrogen) atoms. The van der Waals surface area contributed by atoms with Crippen molar-refractivity contribution in [2.45, 2.75) is 230 Å². The van der Waals surface area contributed by atoms with E-state index in [1.165, 1.54) is 103 Å². The van der Waals surface area contributed by atoms with Crippen LogP contribution in [0.1, 0.15) is 229 Å². The van der Waals surface area contributed by atoms with Gasteiger partial charge in [-0.15, -0.1) is 20.2 Å². The first-order chi connectivity index (χ1) is 52.1. The number of methoxy groups -OCH3 is 6. The van der Waals surface area contributed by atoms with Crippen molar-refractivity contribution in [1.82, 2.24) is 20.4 Å². The van der Waals surface area contributed by atoms with Crippen molar-refractivity contribution in [3.05, 3.63) is 115 Å². The molecule has 2 amide bonds. The average molecular weight is 1530 g/mol. The van der Waals surface area contributed by atoms with E-state index in [0.717, 1.165) is 62.5 Å². The molecule has 4 aromatic carbocycles. The van der Waals surface area contributed by atoms with Crippen molar-refractivity contribution in [2.75, 3.05) is 96.1 Å². The molecular formula is C80H120N8O21.